The van der Waals surface area contributed by atoms with Crippen LogP contribution in [0.1, 0.15) is 32.6 Å². The molecule has 0 N–H and O–H groups in total. The lowest BCUT2D eigenvalue weighted by molar-refractivity contribution is 0.107. The van der Waals surface area contributed by atoms with Gasteiger partial charge in [0.2, 0.25) is 12.7 Å². The van der Waals surface area contributed by atoms with Gasteiger partial charge in [-0.1, -0.05) is 64.7 Å². The van der Waals surface area contributed by atoms with Gasteiger partial charge in [-0.2, -0.15) is 0 Å². The van der Waals surface area contributed by atoms with Crippen molar-refractivity contribution in [1.82, 2.24) is 0 Å². The van der Waals surface area contributed by atoms with Gasteiger partial charge in [-0.05, 0) is 52.0 Å². The third-order valence-corrected chi connectivity index (χ3v) is 7.25. The second-order valence-electron chi connectivity index (χ2n) is 6.97. The summed E-state index contributed by atoms with van der Waals surface area (Å²) in [6.07, 6.45) is 0. The zero-order valence-corrected chi connectivity index (χ0v) is 16.5. The predicted molar refractivity (Wildman–Crippen MR) is 109 cm³/mol. The molecular formula is C23H23O2P. The molecule has 0 saturated heterocycles. The van der Waals surface area contributed by atoms with Crippen molar-refractivity contribution < 1.29 is 9.36 Å². The largest absolute Gasteiger partial charge is 0.305 e. The Kier molecular flexibility index (Phi) is 4.98. The first kappa shape index (κ1) is 18.4. The predicted octanol–water partition coefficient (Wildman–Crippen LogP) is 5.07. The molecular weight excluding hydrogens is 339 g/mol. The normalized spacial score (nSPS) is 11.4. The van der Waals surface area contributed by atoms with Crippen molar-refractivity contribution in [3.05, 3.63) is 94.5 Å². The van der Waals surface area contributed by atoms with Crippen molar-refractivity contribution in [2.75, 3.05) is 0 Å². The molecule has 0 aliphatic rings. The standard InChI is InChI=1S/C23H23O2P/c1-16-10-17(2)13-21(12-16)26(25,22-14-18(3)11-19(4)15-22)23(24)20-8-6-5-7-9-20/h5-15H,1-4H3. The second-order valence-corrected chi connectivity index (χ2v) is 9.63. The third-order valence-electron chi connectivity index (χ3n) is 4.45. The van der Waals surface area contributed by atoms with Crippen molar-refractivity contribution >= 4 is 23.3 Å². The maximum Gasteiger partial charge on any atom is 0.230 e. The molecule has 26 heavy (non-hydrogen) atoms. The minimum atomic E-state index is -3.48. The highest BCUT2D eigenvalue weighted by Gasteiger charge is 2.37. The van der Waals surface area contributed by atoms with Crippen LogP contribution in [-0.2, 0) is 4.57 Å². The first-order valence-electron chi connectivity index (χ1n) is 8.68. The molecule has 3 aromatic rings. The Morgan fingerprint density at radius 2 is 1.04 bits per heavy atom. The minimum absolute atomic E-state index is 0.312. The number of carbonyl (C=O) groups is 1. The zero-order chi connectivity index (χ0) is 18.9. The molecule has 0 aromatic heterocycles. The van der Waals surface area contributed by atoms with Gasteiger partial charge < -0.3 is 4.57 Å². The van der Waals surface area contributed by atoms with Gasteiger partial charge in [-0.25, -0.2) is 0 Å². The van der Waals surface area contributed by atoms with E-state index in [2.05, 4.69) is 0 Å². The van der Waals surface area contributed by atoms with Gasteiger partial charge in [0, 0.05) is 16.2 Å². The highest BCUT2D eigenvalue weighted by atomic mass is 31.2. The number of benzene rings is 3. The molecule has 0 unspecified atom stereocenters. The first-order chi connectivity index (χ1) is 12.3. The fourth-order valence-corrected chi connectivity index (χ4v) is 6.23. The van der Waals surface area contributed by atoms with E-state index in [0.717, 1.165) is 22.3 Å². The van der Waals surface area contributed by atoms with E-state index in [9.17, 15) is 9.36 Å². The van der Waals surface area contributed by atoms with Crippen molar-refractivity contribution in [2.24, 2.45) is 0 Å². The van der Waals surface area contributed by atoms with Gasteiger partial charge in [0.1, 0.15) is 0 Å². The molecule has 132 valence electrons. The Bertz CT molecular complexity index is 924. The highest BCUT2D eigenvalue weighted by molar-refractivity contribution is 7.93. The summed E-state index contributed by atoms with van der Waals surface area (Å²) in [7, 11) is -3.48. The summed E-state index contributed by atoms with van der Waals surface area (Å²) in [6, 6.07) is 20.5. The van der Waals surface area contributed by atoms with E-state index in [0.29, 0.717) is 16.2 Å². The van der Waals surface area contributed by atoms with Crippen LogP contribution < -0.4 is 10.6 Å². The Morgan fingerprint density at radius 3 is 1.42 bits per heavy atom. The van der Waals surface area contributed by atoms with Crippen molar-refractivity contribution in [1.29, 1.82) is 0 Å². The summed E-state index contributed by atoms with van der Waals surface area (Å²) in [4.78, 5) is 13.4. The summed E-state index contributed by atoms with van der Waals surface area (Å²) < 4.78 is 14.4. The van der Waals surface area contributed by atoms with Crippen LogP contribution in [-0.4, -0.2) is 5.52 Å². The van der Waals surface area contributed by atoms with Crippen LogP contribution in [0.4, 0.5) is 0 Å². The smallest absolute Gasteiger partial charge is 0.230 e. The Labute approximate surface area is 155 Å². The molecule has 2 nitrogen and oxygen atoms in total. The fraction of sp³-hybridized carbons (Fsp3) is 0.174. The van der Waals surface area contributed by atoms with Crippen LogP contribution >= 0.6 is 7.14 Å². The maximum absolute atomic E-state index is 14.4. The number of hydrogen-bond acceptors (Lipinski definition) is 2. The van der Waals surface area contributed by atoms with E-state index in [-0.39, 0.29) is 5.52 Å². The summed E-state index contributed by atoms with van der Waals surface area (Å²) >= 11 is 0. The lowest BCUT2D eigenvalue weighted by Crippen LogP contribution is -2.24. The molecule has 0 aliphatic heterocycles. The minimum Gasteiger partial charge on any atom is -0.305 e. The van der Waals surface area contributed by atoms with Gasteiger partial charge in [0.15, 0.2) is 0 Å². The average Bonchev–Trinajstić information content (AvgIpc) is 2.59. The summed E-state index contributed by atoms with van der Waals surface area (Å²) in [6.45, 7) is 7.87. The molecule has 0 aliphatic carbocycles. The Morgan fingerprint density at radius 1 is 0.654 bits per heavy atom. The fourth-order valence-electron chi connectivity index (χ4n) is 3.41. The van der Waals surface area contributed by atoms with E-state index in [4.69, 9.17) is 0 Å². The van der Waals surface area contributed by atoms with Crippen LogP contribution in [0.25, 0.3) is 0 Å². The van der Waals surface area contributed by atoms with E-state index < -0.39 is 7.14 Å². The van der Waals surface area contributed by atoms with Crippen molar-refractivity contribution in [3.63, 3.8) is 0 Å². The zero-order valence-electron chi connectivity index (χ0n) is 15.6. The molecule has 0 bridgehead atoms. The average molecular weight is 362 g/mol. The third kappa shape index (κ3) is 3.43. The first-order valence-corrected chi connectivity index (χ1v) is 10.4. The lowest BCUT2D eigenvalue weighted by atomic mass is 10.2. The molecule has 0 radical (unpaired) electrons. The number of hydrogen-bond donors (Lipinski definition) is 0. The molecule has 0 fully saturated rings. The number of carbonyl (C=O) groups excluding carboxylic acids is 1. The van der Waals surface area contributed by atoms with E-state index in [1.807, 2.05) is 70.2 Å². The summed E-state index contributed by atoms with van der Waals surface area (Å²) in [5, 5.41) is 1.21. The molecule has 0 heterocycles. The monoisotopic (exact) mass is 362 g/mol. The van der Waals surface area contributed by atoms with Crippen molar-refractivity contribution in [2.45, 2.75) is 27.7 Å². The molecule has 0 atom stereocenters. The van der Waals surface area contributed by atoms with Gasteiger partial charge in [0.05, 0.1) is 0 Å². The SMILES string of the molecule is Cc1cc(C)cc(P(=O)(C(=O)c2ccccc2)c2cc(C)cc(C)c2)c1. The molecule has 0 saturated carbocycles. The van der Waals surface area contributed by atoms with Crippen LogP contribution in [0.2, 0.25) is 0 Å². The van der Waals surface area contributed by atoms with Crippen LogP contribution in [0.3, 0.4) is 0 Å². The highest BCUT2D eigenvalue weighted by Crippen LogP contribution is 2.47. The van der Waals surface area contributed by atoms with Gasteiger partial charge in [-0.15, -0.1) is 0 Å². The Balaban J connectivity index is 2.31. The topological polar surface area (TPSA) is 34.1 Å². The number of aryl methyl sites for hydroxylation is 4. The lowest BCUT2D eigenvalue weighted by Gasteiger charge is -2.20. The van der Waals surface area contributed by atoms with E-state index in [1.54, 1.807) is 24.3 Å². The van der Waals surface area contributed by atoms with Gasteiger partial charge in [-0.3, -0.25) is 4.79 Å². The number of rotatable bonds is 4. The maximum atomic E-state index is 14.4. The molecule has 0 spiro atoms. The van der Waals surface area contributed by atoms with Gasteiger partial charge in [0.25, 0.3) is 0 Å². The Hall–Kier alpha value is -2.44. The summed E-state index contributed by atoms with van der Waals surface area (Å²) in [5.41, 5.74) is 4.19. The molecule has 0 amide bonds. The quantitative estimate of drug-likeness (QED) is 0.607. The van der Waals surface area contributed by atoms with Gasteiger partial charge >= 0.3 is 0 Å². The molecule has 3 rings (SSSR count). The second kappa shape index (κ2) is 7.05. The van der Waals surface area contributed by atoms with Crippen LogP contribution in [0.5, 0.6) is 0 Å². The summed E-state index contributed by atoms with van der Waals surface area (Å²) in [5.74, 6) is 0. The molecule has 3 heteroatoms. The van der Waals surface area contributed by atoms with Crippen molar-refractivity contribution in [3.8, 4) is 0 Å². The van der Waals surface area contributed by atoms with E-state index in [1.165, 1.54) is 0 Å². The van der Waals surface area contributed by atoms with Crippen LogP contribution in [0.15, 0.2) is 66.7 Å². The van der Waals surface area contributed by atoms with E-state index >= 15 is 0 Å². The molecule has 3 aromatic carbocycles. The van der Waals surface area contributed by atoms with Crippen LogP contribution in [0, 0.1) is 27.7 Å².